The van der Waals surface area contributed by atoms with Crippen LogP contribution in [-0.4, -0.2) is 16.7 Å². The van der Waals surface area contributed by atoms with Crippen LogP contribution >= 0.6 is 12.2 Å². The molecule has 1 amide bonds. The predicted molar refractivity (Wildman–Crippen MR) is 148 cm³/mol. The summed E-state index contributed by atoms with van der Waals surface area (Å²) >= 11 is 6.05. The summed E-state index contributed by atoms with van der Waals surface area (Å²) in [5.41, 5.74) is 3.16. The molecular formula is C32H24N2O2S. The van der Waals surface area contributed by atoms with Crippen LogP contribution in [0.2, 0.25) is 0 Å². The normalized spacial score (nSPS) is 25.6. The zero-order chi connectivity index (χ0) is 25.2. The molecule has 1 saturated heterocycles. The SMILES string of the molecule is O=C1c2ccccc2C[C@]12C(=S)N[C@]1(C(=O)N(Cc3ccccc3)c3ccccc31)[C@H]2c1ccccc1. The van der Waals surface area contributed by atoms with Crippen LogP contribution in [0.1, 0.15) is 38.5 Å². The molecule has 0 saturated carbocycles. The van der Waals surface area contributed by atoms with Gasteiger partial charge >= 0.3 is 0 Å². The summed E-state index contributed by atoms with van der Waals surface area (Å²) in [7, 11) is 0. The number of carbonyl (C=O) groups excluding carboxylic acids is 2. The van der Waals surface area contributed by atoms with Crippen molar-refractivity contribution >= 4 is 34.6 Å². The van der Waals surface area contributed by atoms with Crippen LogP contribution in [-0.2, 0) is 23.3 Å². The number of benzene rings is 4. The van der Waals surface area contributed by atoms with Crippen LogP contribution < -0.4 is 10.2 Å². The molecule has 1 N–H and O–H groups in total. The lowest BCUT2D eigenvalue weighted by Crippen LogP contribution is -2.51. The first kappa shape index (κ1) is 22.1. The second-order valence-corrected chi connectivity index (χ2v) is 10.5. The van der Waals surface area contributed by atoms with Gasteiger partial charge in [-0.05, 0) is 29.2 Å². The monoisotopic (exact) mass is 500 g/mol. The molecule has 2 heterocycles. The van der Waals surface area contributed by atoms with Crippen molar-refractivity contribution in [2.45, 2.75) is 24.4 Å². The molecule has 5 heteroatoms. The molecule has 37 heavy (non-hydrogen) atoms. The Morgan fingerprint density at radius 3 is 2.22 bits per heavy atom. The number of carbonyl (C=O) groups is 2. The van der Waals surface area contributed by atoms with Crippen LogP contribution in [0.5, 0.6) is 0 Å². The average Bonchev–Trinajstić information content (AvgIpc) is 3.47. The van der Waals surface area contributed by atoms with E-state index in [1.807, 2.05) is 114 Å². The first-order valence-corrected chi connectivity index (χ1v) is 12.9. The van der Waals surface area contributed by atoms with Gasteiger partial charge in [0.05, 0.1) is 22.6 Å². The Morgan fingerprint density at radius 2 is 1.46 bits per heavy atom. The molecule has 1 aliphatic carbocycles. The van der Waals surface area contributed by atoms with Crippen molar-refractivity contribution in [1.82, 2.24) is 5.32 Å². The number of nitrogens with zero attached hydrogens (tertiary/aromatic N) is 1. The van der Waals surface area contributed by atoms with Gasteiger partial charge in [-0.3, -0.25) is 9.59 Å². The average molecular weight is 501 g/mol. The molecule has 4 nitrogen and oxygen atoms in total. The number of thiocarbonyl (C=S) groups is 1. The number of amides is 1. The maximum absolute atomic E-state index is 14.7. The molecule has 0 aromatic heterocycles. The van der Waals surface area contributed by atoms with Gasteiger partial charge in [0.15, 0.2) is 11.3 Å². The third-order valence-corrected chi connectivity index (χ3v) is 8.76. The summed E-state index contributed by atoms with van der Waals surface area (Å²) < 4.78 is 0. The lowest BCUT2D eigenvalue weighted by atomic mass is 9.63. The van der Waals surface area contributed by atoms with Crippen LogP contribution in [0.3, 0.4) is 0 Å². The highest BCUT2D eigenvalue weighted by Crippen LogP contribution is 2.62. The zero-order valence-electron chi connectivity index (χ0n) is 20.1. The van der Waals surface area contributed by atoms with Crippen molar-refractivity contribution in [3.05, 3.63) is 137 Å². The van der Waals surface area contributed by atoms with Crippen molar-refractivity contribution in [3.8, 4) is 0 Å². The highest BCUT2D eigenvalue weighted by molar-refractivity contribution is 7.80. The second kappa shape index (κ2) is 7.95. The van der Waals surface area contributed by atoms with Gasteiger partial charge in [0.1, 0.15) is 0 Å². The van der Waals surface area contributed by atoms with Crippen molar-refractivity contribution in [1.29, 1.82) is 0 Å². The topological polar surface area (TPSA) is 49.4 Å². The van der Waals surface area contributed by atoms with E-state index in [0.29, 0.717) is 23.5 Å². The Hall–Kier alpha value is -4.09. The fourth-order valence-corrected chi connectivity index (χ4v) is 7.22. The summed E-state index contributed by atoms with van der Waals surface area (Å²) in [6.07, 6.45) is 0.475. The molecule has 0 unspecified atom stereocenters. The highest BCUT2D eigenvalue weighted by Gasteiger charge is 2.72. The Bertz CT molecular complexity index is 1580. The molecule has 1 fully saturated rings. The Kier molecular flexibility index (Phi) is 4.76. The number of hydrogen-bond donors (Lipinski definition) is 1. The summed E-state index contributed by atoms with van der Waals surface area (Å²) in [6, 6.07) is 35.6. The molecular weight excluding hydrogens is 476 g/mol. The summed E-state index contributed by atoms with van der Waals surface area (Å²) in [5, 5.41) is 3.52. The van der Waals surface area contributed by atoms with E-state index >= 15 is 0 Å². The van der Waals surface area contributed by atoms with Crippen LogP contribution in [0, 0.1) is 5.41 Å². The predicted octanol–water partition coefficient (Wildman–Crippen LogP) is 5.57. The minimum absolute atomic E-state index is 0.00174. The van der Waals surface area contributed by atoms with E-state index < -0.39 is 16.9 Å². The number of nitrogens with one attached hydrogen (secondary N) is 1. The highest BCUT2D eigenvalue weighted by atomic mass is 32.1. The summed E-state index contributed by atoms with van der Waals surface area (Å²) in [6.45, 7) is 0.440. The third kappa shape index (κ3) is 2.86. The number of Topliss-reactive ketones (excluding diaryl/α,β-unsaturated/α-hetero) is 1. The van der Waals surface area contributed by atoms with Crippen molar-refractivity contribution in [2.75, 3.05) is 4.90 Å². The molecule has 4 aromatic carbocycles. The van der Waals surface area contributed by atoms with E-state index in [2.05, 4.69) is 5.32 Å². The van der Waals surface area contributed by atoms with Crippen molar-refractivity contribution < 1.29 is 9.59 Å². The number of fused-ring (bicyclic) bond motifs is 3. The standard InChI is InChI=1S/C32H24N2O2S/c35-28-24-16-8-7-15-23(24)19-31(28)27(22-13-5-2-6-14-22)32(33-29(31)37)25-17-9-10-18-26(25)34(30(32)36)20-21-11-3-1-4-12-21/h1-18,27H,19-20H2,(H,33,37)/t27-,31+,32-/m0/s1. The van der Waals surface area contributed by atoms with Gasteiger partial charge in [-0.25, -0.2) is 0 Å². The molecule has 0 radical (unpaired) electrons. The van der Waals surface area contributed by atoms with Crippen molar-refractivity contribution in [2.24, 2.45) is 5.41 Å². The second-order valence-electron chi connectivity index (χ2n) is 10.1. The first-order valence-electron chi connectivity index (χ1n) is 12.5. The van der Waals surface area contributed by atoms with E-state index in [-0.39, 0.29) is 11.7 Å². The maximum Gasteiger partial charge on any atom is 0.258 e. The smallest absolute Gasteiger partial charge is 0.258 e. The Labute approximate surface area is 220 Å². The quantitative estimate of drug-likeness (QED) is 0.374. The molecule has 180 valence electrons. The van der Waals surface area contributed by atoms with E-state index in [9.17, 15) is 9.59 Å². The number of hydrogen-bond acceptors (Lipinski definition) is 3. The van der Waals surface area contributed by atoms with Crippen LogP contribution in [0.25, 0.3) is 0 Å². The van der Waals surface area contributed by atoms with Crippen LogP contribution in [0.4, 0.5) is 5.69 Å². The van der Waals surface area contributed by atoms with Gasteiger partial charge in [-0.15, -0.1) is 0 Å². The fraction of sp³-hybridized carbons (Fsp3) is 0.156. The minimum Gasteiger partial charge on any atom is -0.361 e. The lowest BCUT2D eigenvalue weighted by Gasteiger charge is -2.36. The first-order chi connectivity index (χ1) is 18.1. The van der Waals surface area contributed by atoms with Gasteiger partial charge in [0, 0.05) is 17.0 Å². The summed E-state index contributed by atoms with van der Waals surface area (Å²) in [5.74, 6) is -0.574. The van der Waals surface area contributed by atoms with Crippen molar-refractivity contribution in [3.63, 3.8) is 0 Å². The van der Waals surface area contributed by atoms with Crippen LogP contribution in [0.15, 0.2) is 109 Å². The van der Waals surface area contributed by atoms with Gasteiger partial charge in [-0.1, -0.05) is 115 Å². The molecule has 2 spiro atoms. The fourth-order valence-electron chi connectivity index (χ4n) is 6.78. The van der Waals surface area contributed by atoms with E-state index in [4.69, 9.17) is 12.2 Å². The Balaban J connectivity index is 1.47. The maximum atomic E-state index is 14.7. The molecule has 3 atom stereocenters. The Morgan fingerprint density at radius 1 is 0.811 bits per heavy atom. The molecule has 0 bridgehead atoms. The summed E-state index contributed by atoms with van der Waals surface area (Å²) in [4.78, 5) is 31.3. The van der Waals surface area contributed by atoms with E-state index in [1.54, 1.807) is 0 Å². The molecule has 7 rings (SSSR count). The van der Waals surface area contributed by atoms with E-state index in [1.165, 1.54) is 0 Å². The largest absolute Gasteiger partial charge is 0.361 e. The third-order valence-electron chi connectivity index (χ3n) is 8.30. The minimum atomic E-state index is -1.18. The number of ketones is 1. The van der Waals surface area contributed by atoms with Gasteiger partial charge < -0.3 is 10.2 Å². The van der Waals surface area contributed by atoms with Gasteiger partial charge in [-0.2, -0.15) is 0 Å². The number of anilines is 1. The molecule has 2 aliphatic heterocycles. The lowest BCUT2D eigenvalue weighted by molar-refractivity contribution is -0.124. The number of para-hydroxylation sites is 1. The molecule has 4 aromatic rings. The van der Waals surface area contributed by atoms with Gasteiger partial charge in [0.25, 0.3) is 5.91 Å². The molecule has 3 aliphatic rings. The number of rotatable bonds is 3. The zero-order valence-corrected chi connectivity index (χ0v) is 20.9. The van der Waals surface area contributed by atoms with E-state index in [0.717, 1.165) is 27.9 Å². The van der Waals surface area contributed by atoms with Gasteiger partial charge in [0.2, 0.25) is 0 Å².